The number of nitrogens with zero attached hydrogens (tertiary/aromatic N) is 1. The normalized spacial score (nSPS) is 10.6. The highest BCUT2D eigenvalue weighted by molar-refractivity contribution is 5.99. The van der Waals surface area contributed by atoms with Crippen LogP contribution in [0.4, 0.5) is 5.69 Å². The van der Waals surface area contributed by atoms with E-state index < -0.39 is 0 Å². The number of amides is 2. The fourth-order valence-electron chi connectivity index (χ4n) is 2.55. The van der Waals surface area contributed by atoms with Crippen LogP contribution in [0.25, 0.3) is 0 Å². The lowest BCUT2D eigenvalue weighted by atomic mass is 10.1. The van der Waals surface area contributed by atoms with Crippen LogP contribution in [0.5, 0.6) is 5.75 Å². The SMILES string of the molecule is Cc1ccc(C)c(NC(=O)CN(C)C(=O)c2cccc(OCC(C)C)c2)c1. The fourth-order valence-corrected chi connectivity index (χ4v) is 2.55. The van der Waals surface area contributed by atoms with Crippen molar-refractivity contribution in [2.75, 3.05) is 25.5 Å². The molecule has 0 aliphatic carbocycles. The highest BCUT2D eigenvalue weighted by atomic mass is 16.5. The number of ether oxygens (including phenoxy) is 1. The Kier molecular flexibility index (Phi) is 6.99. The maximum absolute atomic E-state index is 12.6. The predicted octanol–water partition coefficient (Wildman–Crippen LogP) is 4.05. The van der Waals surface area contributed by atoms with Crippen molar-refractivity contribution in [3.63, 3.8) is 0 Å². The quantitative estimate of drug-likeness (QED) is 0.802. The number of carbonyl (C=O) groups excluding carboxylic acids is 2. The summed E-state index contributed by atoms with van der Waals surface area (Å²) in [6.07, 6.45) is 0. The minimum absolute atomic E-state index is 0.0245. The first-order valence-corrected chi connectivity index (χ1v) is 9.11. The van der Waals surface area contributed by atoms with Gasteiger partial charge in [-0.1, -0.05) is 32.0 Å². The summed E-state index contributed by atoms with van der Waals surface area (Å²) in [7, 11) is 1.62. The number of benzene rings is 2. The highest BCUT2D eigenvalue weighted by Crippen LogP contribution is 2.17. The second-order valence-electron chi connectivity index (χ2n) is 7.26. The lowest BCUT2D eigenvalue weighted by Gasteiger charge is -2.18. The van der Waals surface area contributed by atoms with Gasteiger partial charge in [0.25, 0.3) is 5.91 Å². The second-order valence-corrected chi connectivity index (χ2v) is 7.26. The number of rotatable bonds is 7. The zero-order valence-corrected chi connectivity index (χ0v) is 16.7. The first-order valence-electron chi connectivity index (χ1n) is 9.11. The minimum Gasteiger partial charge on any atom is -0.493 e. The summed E-state index contributed by atoms with van der Waals surface area (Å²) in [5.74, 6) is 0.608. The van der Waals surface area contributed by atoms with Crippen LogP contribution in [0.3, 0.4) is 0 Å². The van der Waals surface area contributed by atoms with Crippen LogP contribution in [-0.2, 0) is 4.79 Å². The number of nitrogens with one attached hydrogen (secondary N) is 1. The number of hydrogen-bond donors (Lipinski definition) is 1. The van der Waals surface area contributed by atoms with Crippen LogP contribution in [-0.4, -0.2) is 36.9 Å². The number of anilines is 1. The molecule has 2 aromatic carbocycles. The molecule has 1 N–H and O–H groups in total. The van der Waals surface area contributed by atoms with Crippen LogP contribution in [0, 0.1) is 19.8 Å². The summed E-state index contributed by atoms with van der Waals surface area (Å²) in [5, 5.41) is 2.87. The van der Waals surface area contributed by atoms with Gasteiger partial charge in [0.2, 0.25) is 5.91 Å². The molecule has 0 spiro atoms. The molecule has 144 valence electrons. The zero-order valence-electron chi connectivity index (χ0n) is 16.7. The van der Waals surface area contributed by atoms with Crippen molar-refractivity contribution < 1.29 is 14.3 Å². The van der Waals surface area contributed by atoms with Gasteiger partial charge in [0.15, 0.2) is 0 Å². The maximum Gasteiger partial charge on any atom is 0.254 e. The Morgan fingerprint density at radius 2 is 1.85 bits per heavy atom. The van der Waals surface area contributed by atoms with Crippen molar-refractivity contribution in [1.29, 1.82) is 0 Å². The number of likely N-dealkylation sites (N-methyl/N-ethyl adjacent to an activating group) is 1. The molecule has 0 saturated heterocycles. The summed E-state index contributed by atoms with van der Waals surface area (Å²) in [4.78, 5) is 26.4. The average molecular weight is 368 g/mol. The van der Waals surface area contributed by atoms with E-state index >= 15 is 0 Å². The number of hydrogen-bond acceptors (Lipinski definition) is 3. The number of carbonyl (C=O) groups is 2. The molecule has 0 aliphatic rings. The third-order valence-corrected chi connectivity index (χ3v) is 4.06. The van der Waals surface area contributed by atoms with Crippen LogP contribution < -0.4 is 10.1 Å². The predicted molar refractivity (Wildman–Crippen MR) is 108 cm³/mol. The van der Waals surface area contributed by atoms with Crippen molar-refractivity contribution in [3.05, 3.63) is 59.2 Å². The monoisotopic (exact) mass is 368 g/mol. The van der Waals surface area contributed by atoms with Crippen molar-refractivity contribution in [2.45, 2.75) is 27.7 Å². The van der Waals surface area contributed by atoms with E-state index in [0.29, 0.717) is 23.8 Å². The molecule has 0 fully saturated rings. The molecule has 27 heavy (non-hydrogen) atoms. The Labute approximate surface area is 161 Å². The van der Waals surface area contributed by atoms with Crippen LogP contribution in [0.1, 0.15) is 35.3 Å². The van der Waals surface area contributed by atoms with Gasteiger partial charge in [-0.05, 0) is 55.2 Å². The van der Waals surface area contributed by atoms with E-state index in [2.05, 4.69) is 19.2 Å². The molecule has 0 aliphatic heterocycles. The molecule has 0 aromatic heterocycles. The lowest BCUT2D eigenvalue weighted by molar-refractivity contribution is -0.116. The molecule has 0 heterocycles. The third-order valence-electron chi connectivity index (χ3n) is 4.06. The van der Waals surface area contributed by atoms with E-state index in [0.717, 1.165) is 16.8 Å². The molecule has 0 radical (unpaired) electrons. The van der Waals surface area contributed by atoms with E-state index in [1.807, 2.05) is 38.1 Å². The van der Waals surface area contributed by atoms with Gasteiger partial charge in [0, 0.05) is 18.3 Å². The van der Waals surface area contributed by atoms with Crippen LogP contribution >= 0.6 is 0 Å². The van der Waals surface area contributed by atoms with E-state index in [1.54, 1.807) is 25.2 Å². The summed E-state index contributed by atoms with van der Waals surface area (Å²) in [5.41, 5.74) is 3.32. The van der Waals surface area contributed by atoms with Crippen molar-refractivity contribution >= 4 is 17.5 Å². The number of aryl methyl sites for hydroxylation is 2. The Hall–Kier alpha value is -2.82. The first-order chi connectivity index (χ1) is 12.8. The molecule has 5 heteroatoms. The largest absolute Gasteiger partial charge is 0.493 e. The molecule has 0 bridgehead atoms. The third kappa shape index (κ3) is 6.13. The first kappa shape index (κ1) is 20.5. The van der Waals surface area contributed by atoms with Gasteiger partial charge < -0.3 is 15.0 Å². The van der Waals surface area contributed by atoms with E-state index in [4.69, 9.17) is 4.74 Å². The molecule has 2 aromatic rings. The van der Waals surface area contributed by atoms with Gasteiger partial charge in [0.05, 0.1) is 13.2 Å². The molecule has 5 nitrogen and oxygen atoms in total. The Balaban J connectivity index is 1.99. The van der Waals surface area contributed by atoms with Gasteiger partial charge in [-0.2, -0.15) is 0 Å². The highest BCUT2D eigenvalue weighted by Gasteiger charge is 2.16. The Morgan fingerprint density at radius 1 is 1.11 bits per heavy atom. The molecular formula is C22H28N2O3. The van der Waals surface area contributed by atoms with Crippen LogP contribution in [0.2, 0.25) is 0 Å². The van der Waals surface area contributed by atoms with E-state index in [9.17, 15) is 9.59 Å². The van der Waals surface area contributed by atoms with E-state index in [-0.39, 0.29) is 18.4 Å². The standard InChI is InChI=1S/C22H28N2O3/c1-15(2)14-27-19-8-6-7-18(12-19)22(26)24(5)13-21(25)23-20-11-16(3)9-10-17(20)4/h6-12,15H,13-14H2,1-5H3,(H,23,25). The zero-order chi connectivity index (χ0) is 20.0. The smallest absolute Gasteiger partial charge is 0.254 e. The van der Waals surface area contributed by atoms with E-state index in [1.165, 1.54) is 4.90 Å². The molecule has 2 amide bonds. The Bertz CT molecular complexity index is 815. The second kappa shape index (κ2) is 9.21. The molecular weight excluding hydrogens is 340 g/mol. The van der Waals surface area contributed by atoms with Crippen LogP contribution in [0.15, 0.2) is 42.5 Å². The minimum atomic E-state index is -0.230. The van der Waals surface area contributed by atoms with Gasteiger partial charge in [0.1, 0.15) is 5.75 Å². The van der Waals surface area contributed by atoms with Crippen molar-refractivity contribution in [3.8, 4) is 5.75 Å². The molecule has 0 saturated carbocycles. The topological polar surface area (TPSA) is 58.6 Å². The summed E-state index contributed by atoms with van der Waals surface area (Å²) in [6, 6.07) is 12.9. The van der Waals surface area contributed by atoms with Crippen molar-refractivity contribution in [2.24, 2.45) is 5.92 Å². The van der Waals surface area contributed by atoms with Gasteiger partial charge in [-0.15, -0.1) is 0 Å². The summed E-state index contributed by atoms with van der Waals surface area (Å²) in [6.45, 7) is 8.61. The van der Waals surface area contributed by atoms with Gasteiger partial charge in [-0.3, -0.25) is 9.59 Å². The summed E-state index contributed by atoms with van der Waals surface area (Å²) >= 11 is 0. The maximum atomic E-state index is 12.6. The van der Waals surface area contributed by atoms with Gasteiger partial charge >= 0.3 is 0 Å². The fraction of sp³-hybridized carbons (Fsp3) is 0.364. The lowest BCUT2D eigenvalue weighted by Crippen LogP contribution is -2.35. The Morgan fingerprint density at radius 3 is 2.56 bits per heavy atom. The van der Waals surface area contributed by atoms with Crippen molar-refractivity contribution in [1.82, 2.24) is 4.90 Å². The van der Waals surface area contributed by atoms with Gasteiger partial charge in [-0.25, -0.2) is 0 Å². The molecule has 0 unspecified atom stereocenters. The molecule has 2 rings (SSSR count). The molecule has 0 atom stereocenters. The average Bonchev–Trinajstić information content (AvgIpc) is 2.62. The summed E-state index contributed by atoms with van der Waals surface area (Å²) < 4.78 is 5.67.